The Bertz CT molecular complexity index is 881. The Kier molecular flexibility index (Phi) is 6.99. The lowest BCUT2D eigenvalue weighted by Gasteiger charge is -2.38. The molecule has 2 heterocycles. The molecule has 0 radical (unpaired) electrons. The Balaban J connectivity index is 1.57. The normalized spacial score (nSPS) is 15.8. The van der Waals surface area contributed by atoms with Crippen LogP contribution in [-0.2, 0) is 4.79 Å². The first kappa shape index (κ1) is 21.7. The van der Waals surface area contributed by atoms with E-state index < -0.39 is 6.61 Å². The highest BCUT2D eigenvalue weighted by atomic mass is 19.3. The number of carbonyl (C=O) groups excluding carboxylic acids is 2. The lowest BCUT2D eigenvalue weighted by Crippen LogP contribution is -2.54. The summed E-state index contributed by atoms with van der Waals surface area (Å²) in [4.78, 5) is 29.0. The van der Waals surface area contributed by atoms with E-state index in [1.807, 2.05) is 11.8 Å². The summed E-state index contributed by atoms with van der Waals surface area (Å²) >= 11 is 0. The number of nitrogens with zero attached hydrogens (tertiary/aromatic N) is 3. The molecule has 1 aromatic heterocycles. The van der Waals surface area contributed by atoms with E-state index in [4.69, 9.17) is 4.52 Å². The monoisotopic (exact) mass is 422 g/mol. The van der Waals surface area contributed by atoms with Crippen molar-refractivity contribution in [2.45, 2.75) is 32.9 Å². The van der Waals surface area contributed by atoms with E-state index in [-0.39, 0.29) is 29.2 Å². The number of hydrogen-bond acceptors (Lipinski definition) is 6. The van der Waals surface area contributed by atoms with E-state index >= 15 is 0 Å². The van der Waals surface area contributed by atoms with E-state index in [1.54, 1.807) is 24.0 Å². The number of ether oxygens (including phenoxy) is 1. The van der Waals surface area contributed by atoms with Crippen LogP contribution in [0.4, 0.5) is 14.6 Å². The van der Waals surface area contributed by atoms with Gasteiger partial charge in [-0.25, -0.2) is 0 Å². The molecule has 2 aromatic rings. The molecule has 1 aliphatic rings. The van der Waals surface area contributed by atoms with E-state index in [9.17, 15) is 18.4 Å². The van der Waals surface area contributed by atoms with Gasteiger partial charge in [0.2, 0.25) is 5.91 Å². The second-order valence-corrected chi connectivity index (χ2v) is 6.97. The molecular weight excluding hydrogens is 398 g/mol. The minimum absolute atomic E-state index is 0.0553. The molecule has 1 saturated heterocycles. The maximum atomic E-state index is 12.7. The van der Waals surface area contributed by atoms with Gasteiger partial charge in [-0.1, -0.05) is 18.1 Å². The van der Waals surface area contributed by atoms with Gasteiger partial charge in [-0.15, -0.1) is 0 Å². The molecule has 1 aliphatic heterocycles. The zero-order valence-electron chi connectivity index (χ0n) is 16.8. The predicted octanol–water partition coefficient (Wildman–Crippen LogP) is 2.76. The fourth-order valence-electron chi connectivity index (χ4n) is 3.47. The van der Waals surface area contributed by atoms with Gasteiger partial charge in [-0.3, -0.25) is 14.5 Å². The van der Waals surface area contributed by atoms with Gasteiger partial charge in [0.25, 0.3) is 5.91 Å². The largest absolute Gasteiger partial charge is 0.435 e. The van der Waals surface area contributed by atoms with E-state index in [0.29, 0.717) is 44.2 Å². The molecule has 1 aromatic carbocycles. The average molecular weight is 422 g/mol. The summed E-state index contributed by atoms with van der Waals surface area (Å²) in [5, 5.41) is 6.53. The summed E-state index contributed by atoms with van der Waals surface area (Å²) in [6.45, 7) is 2.59. The van der Waals surface area contributed by atoms with Crippen LogP contribution >= 0.6 is 0 Å². The summed E-state index contributed by atoms with van der Waals surface area (Å²) in [5.74, 6) is 0.483. The van der Waals surface area contributed by atoms with E-state index in [1.165, 1.54) is 18.2 Å². The SMILES string of the molecule is CCC(C(=O)Nc1cc(C)on1)N1CCN(C(=O)c2cccc(OC(F)F)c2)CC1. The van der Waals surface area contributed by atoms with E-state index in [2.05, 4.69) is 15.2 Å². The molecule has 0 bridgehead atoms. The van der Waals surface area contributed by atoms with Gasteiger partial charge in [-0.05, 0) is 31.5 Å². The summed E-state index contributed by atoms with van der Waals surface area (Å²) in [6, 6.07) is 7.04. The van der Waals surface area contributed by atoms with Gasteiger partial charge in [0.15, 0.2) is 5.82 Å². The molecule has 1 unspecified atom stereocenters. The Hall–Kier alpha value is -3.01. The van der Waals surface area contributed by atoms with E-state index in [0.717, 1.165) is 0 Å². The van der Waals surface area contributed by atoms with Crippen molar-refractivity contribution in [3.8, 4) is 5.75 Å². The number of halogens is 2. The van der Waals surface area contributed by atoms with Crippen LogP contribution in [0.2, 0.25) is 0 Å². The first-order valence-electron chi connectivity index (χ1n) is 9.69. The molecule has 2 amide bonds. The van der Waals surface area contributed by atoms with Crippen molar-refractivity contribution in [2.24, 2.45) is 0 Å². The van der Waals surface area contributed by atoms with Crippen LogP contribution in [0, 0.1) is 6.92 Å². The number of carbonyl (C=O) groups is 2. The molecule has 1 fully saturated rings. The van der Waals surface area contributed by atoms with Crippen LogP contribution in [0.1, 0.15) is 29.5 Å². The van der Waals surface area contributed by atoms with Gasteiger partial charge < -0.3 is 19.5 Å². The number of nitrogens with one attached hydrogen (secondary N) is 1. The minimum Gasteiger partial charge on any atom is -0.435 e. The number of anilines is 1. The van der Waals surface area contributed by atoms with Gasteiger partial charge in [-0.2, -0.15) is 8.78 Å². The highest BCUT2D eigenvalue weighted by Crippen LogP contribution is 2.19. The third-order valence-electron chi connectivity index (χ3n) is 4.92. The third-order valence-corrected chi connectivity index (χ3v) is 4.92. The molecule has 10 heteroatoms. The zero-order valence-corrected chi connectivity index (χ0v) is 16.8. The molecule has 1 atom stereocenters. The third kappa shape index (κ3) is 5.32. The number of alkyl halides is 2. The summed E-state index contributed by atoms with van der Waals surface area (Å²) in [5.41, 5.74) is 0.285. The minimum atomic E-state index is -2.95. The Morgan fingerprint density at radius 3 is 2.57 bits per heavy atom. The van der Waals surface area contributed by atoms with Crippen LogP contribution in [0.3, 0.4) is 0 Å². The molecule has 3 rings (SSSR count). The van der Waals surface area contributed by atoms with Crippen LogP contribution in [0.15, 0.2) is 34.9 Å². The lowest BCUT2D eigenvalue weighted by atomic mass is 10.1. The molecule has 8 nitrogen and oxygen atoms in total. The highest BCUT2D eigenvalue weighted by molar-refractivity contribution is 5.95. The molecule has 30 heavy (non-hydrogen) atoms. The molecule has 0 saturated carbocycles. The van der Waals surface area contributed by atoms with Crippen molar-refractivity contribution in [1.82, 2.24) is 15.0 Å². The van der Waals surface area contributed by atoms with Gasteiger partial charge >= 0.3 is 6.61 Å². The molecule has 0 aliphatic carbocycles. The quantitative estimate of drug-likeness (QED) is 0.738. The number of piperazine rings is 1. The molecule has 1 N–H and O–H groups in total. The first-order chi connectivity index (χ1) is 14.4. The van der Waals surface area contributed by atoms with Gasteiger partial charge in [0.05, 0.1) is 6.04 Å². The summed E-state index contributed by atoms with van der Waals surface area (Å²) < 4.78 is 34.1. The standard InChI is InChI=1S/C20H24F2N4O4/c1-3-16(18(27)23-17-11-13(2)30-24-17)25-7-9-26(10-8-25)19(28)14-5-4-6-15(12-14)29-20(21)22/h4-6,11-12,16,20H,3,7-10H2,1-2H3,(H,23,24,27). The summed E-state index contributed by atoms with van der Waals surface area (Å²) in [7, 11) is 0. The highest BCUT2D eigenvalue weighted by Gasteiger charge is 2.30. The van der Waals surface area contributed by atoms with Crippen molar-refractivity contribution in [1.29, 1.82) is 0 Å². The fraction of sp³-hybridized carbons (Fsp3) is 0.450. The van der Waals surface area contributed by atoms with Crippen molar-refractivity contribution in [3.05, 3.63) is 41.7 Å². The number of hydrogen-bond donors (Lipinski definition) is 1. The number of aromatic nitrogens is 1. The smallest absolute Gasteiger partial charge is 0.387 e. The molecule has 0 spiro atoms. The lowest BCUT2D eigenvalue weighted by molar-refractivity contribution is -0.122. The molecular formula is C20H24F2N4O4. The molecule has 162 valence electrons. The number of aryl methyl sites for hydroxylation is 1. The van der Waals surface area contributed by atoms with Crippen molar-refractivity contribution < 1.29 is 27.6 Å². The van der Waals surface area contributed by atoms with Crippen molar-refractivity contribution >= 4 is 17.6 Å². The number of rotatable bonds is 7. The van der Waals surface area contributed by atoms with Crippen LogP contribution in [0.25, 0.3) is 0 Å². The van der Waals surface area contributed by atoms with Crippen LogP contribution in [0.5, 0.6) is 5.75 Å². The summed E-state index contributed by atoms with van der Waals surface area (Å²) in [6.07, 6.45) is 0.601. The fourth-order valence-corrected chi connectivity index (χ4v) is 3.47. The Morgan fingerprint density at radius 2 is 1.97 bits per heavy atom. The maximum Gasteiger partial charge on any atom is 0.387 e. The number of benzene rings is 1. The second kappa shape index (κ2) is 9.66. The van der Waals surface area contributed by atoms with Crippen LogP contribution < -0.4 is 10.1 Å². The Labute approximate surface area is 172 Å². The first-order valence-corrected chi connectivity index (χ1v) is 9.69. The average Bonchev–Trinajstić information content (AvgIpc) is 3.12. The number of amides is 2. The topological polar surface area (TPSA) is 87.9 Å². The van der Waals surface area contributed by atoms with Gasteiger partial charge in [0, 0.05) is 37.8 Å². The Morgan fingerprint density at radius 1 is 1.23 bits per heavy atom. The van der Waals surface area contributed by atoms with Crippen molar-refractivity contribution in [2.75, 3.05) is 31.5 Å². The second-order valence-electron chi connectivity index (χ2n) is 6.97. The zero-order chi connectivity index (χ0) is 21.7. The van der Waals surface area contributed by atoms with Crippen LogP contribution in [-0.4, -0.2) is 65.6 Å². The predicted molar refractivity (Wildman–Crippen MR) is 104 cm³/mol. The van der Waals surface area contributed by atoms with Crippen molar-refractivity contribution in [3.63, 3.8) is 0 Å². The maximum absolute atomic E-state index is 12.7. The van der Waals surface area contributed by atoms with Gasteiger partial charge in [0.1, 0.15) is 11.5 Å².